The van der Waals surface area contributed by atoms with Gasteiger partial charge in [0.15, 0.2) is 6.10 Å². The van der Waals surface area contributed by atoms with E-state index < -0.39 is 6.10 Å². The fourth-order valence-corrected chi connectivity index (χ4v) is 10.1. The highest BCUT2D eigenvalue weighted by molar-refractivity contribution is 5.71. The Morgan fingerprint density at radius 1 is 0.256 bits per heavy atom. The van der Waals surface area contributed by atoms with E-state index in [-0.39, 0.29) is 31.1 Å². The van der Waals surface area contributed by atoms with Crippen molar-refractivity contribution in [1.29, 1.82) is 0 Å². The Labute approximate surface area is 508 Å². The number of rotatable bonds is 64. The normalized spacial score (nSPS) is 12.7. The van der Waals surface area contributed by atoms with Gasteiger partial charge in [0.1, 0.15) is 13.2 Å². The van der Waals surface area contributed by atoms with Crippen LogP contribution in [0.5, 0.6) is 0 Å². The minimum Gasteiger partial charge on any atom is -0.462 e. The Morgan fingerprint density at radius 2 is 0.476 bits per heavy atom. The van der Waals surface area contributed by atoms with Gasteiger partial charge in [-0.3, -0.25) is 14.4 Å². The molecule has 472 valence electrons. The maximum absolute atomic E-state index is 13.0. The third-order valence-corrected chi connectivity index (χ3v) is 15.3. The SMILES string of the molecule is CC/C=C\C/C=C\C/C=C\C/C=C\C/C=C\CCCCCCCCCCCCCCCC(=O)OCC(COC(=O)CCCCCCC/C=C\C/C=C\C/C=C\CC)OC(=O)CCCCCCCCCCCCCCCCCCCCCC. The Kier molecular flexibility index (Phi) is 66.7. The standard InChI is InChI=1S/C76H132O6/c1-4-7-10-13-16-19-22-25-28-30-32-34-35-36-37-38-39-40-41-42-44-45-48-51-54-57-60-63-66-69-75(78)81-72-73(71-80-74(77)68-65-62-59-56-53-50-47-27-24-21-18-15-12-9-6-3)82-76(79)70-67-64-61-58-55-52-49-46-43-33-31-29-26-23-20-17-14-11-8-5-2/h7,9-10,12,16,18-19,21,25,27-28,32,34,36-37,47,73H,4-6,8,11,13-15,17,20,22-24,26,29-31,33,35,38-46,48-72H2,1-3H3/b10-7-,12-9-,19-16-,21-18-,28-25-,34-32-,37-36-,47-27-. The van der Waals surface area contributed by atoms with Crippen molar-refractivity contribution in [2.75, 3.05) is 13.2 Å². The van der Waals surface area contributed by atoms with E-state index in [2.05, 4.69) is 118 Å². The van der Waals surface area contributed by atoms with Gasteiger partial charge in [-0.05, 0) is 96.3 Å². The summed E-state index contributed by atoms with van der Waals surface area (Å²) in [6.07, 6.45) is 94.3. The zero-order valence-corrected chi connectivity index (χ0v) is 54.2. The minimum absolute atomic E-state index is 0.0801. The number of ether oxygens (including phenoxy) is 3. The minimum atomic E-state index is -0.785. The van der Waals surface area contributed by atoms with Crippen molar-refractivity contribution < 1.29 is 28.6 Å². The summed E-state index contributed by atoms with van der Waals surface area (Å²) in [5.41, 5.74) is 0. The van der Waals surface area contributed by atoms with Crippen LogP contribution in [0.1, 0.15) is 348 Å². The van der Waals surface area contributed by atoms with Crippen LogP contribution in [0.4, 0.5) is 0 Å². The molecule has 1 unspecified atom stereocenters. The summed E-state index contributed by atoms with van der Waals surface area (Å²) in [6, 6.07) is 0. The summed E-state index contributed by atoms with van der Waals surface area (Å²) >= 11 is 0. The molecule has 6 nitrogen and oxygen atoms in total. The second-order valence-corrected chi connectivity index (χ2v) is 23.4. The molecule has 0 radical (unpaired) electrons. The van der Waals surface area contributed by atoms with Gasteiger partial charge in [-0.15, -0.1) is 0 Å². The zero-order chi connectivity index (χ0) is 59.2. The molecule has 0 aliphatic rings. The lowest BCUT2D eigenvalue weighted by Gasteiger charge is -2.18. The summed E-state index contributed by atoms with van der Waals surface area (Å²) in [7, 11) is 0. The van der Waals surface area contributed by atoms with Crippen molar-refractivity contribution in [3.63, 3.8) is 0 Å². The highest BCUT2D eigenvalue weighted by Crippen LogP contribution is 2.18. The molecule has 0 aromatic heterocycles. The fraction of sp³-hybridized carbons (Fsp3) is 0.750. The number of allylic oxidation sites excluding steroid dienone is 16. The zero-order valence-electron chi connectivity index (χ0n) is 54.2. The van der Waals surface area contributed by atoms with Gasteiger partial charge >= 0.3 is 17.9 Å². The van der Waals surface area contributed by atoms with Crippen molar-refractivity contribution in [1.82, 2.24) is 0 Å². The van der Waals surface area contributed by atoms with Gasteiger partial charge < -0.3 is 14.2 Å². The largest absolute Gasteiger partial charge is 0.462 e. The summed E-state index contributed by atoms with van der Waals surface area (Å²) < 4.78 is 17.0. The number of hydrogen-bond acceptors (Lipinski definition) is 6. The number of carbonyl (C=O) groups excluding carboxylic acids is 3. The molecule has 0 aliphatic heterocycles. The van der Waals surface area contributed by atoms with E-state index in [0.29, 0.717) is 19.3 Å². The average Bonchev–Trinajstić information content (AvgIpc) is 3.47. The van der Waals surface area contributed by atoms with Crippen molar-refractivity contribution in [3.8, 4) is 0 Å². The number of carbonyl (C=O) groups is 3. The molecule has 0 aromatic rings. The molecule has 0 amide bonds. The van der Waals surface area contributed by atoms with Gasteiger partial charge in [-0.1, -0.05) is 330 Å². The molecular formula is C76H132O6. The Balaban J connectivity index is 4.28. The van der Waals surface area contributed by atoms with Gasteiger partial charge in [0.05, 0.1) is 0 Å². The monoisotopic (exact) mass is 1140 g/mol. The molecule has 0 N–H and O–H groups in total. The lowest BCUT2D eigenvalue weighted by molar-refractivity contribution is -0.167. The second kappa shape index (κ2) is 69.8. The third-order valence-electron chi connectivity index (χ3n) is 15.3. The molecule has 0 spiro atoms. The number of hydrogen-bond donors (Lipinski definition) is 0. The Hall–Kier alpha value is -3.67. The second-order valence-electron chi connectivity index (χ2n) is 23.4. The lowest BCUT2D eigenvalue weighted by Crippen LogP contribution is -2.30. The van der Waals surface area contributed by atoms with Crippen molar-refractivity contribution in [2.24, 2.45) is 0 Å². The smallest absolute Gasteiger partial charge is 0.306 e. The molecule has 0 aromatic carbocycles. The quantitative estimate of drug-likeness (QED) is 0.0261. The summed E-state index contributed by atoms with van der Waals surface area (Å²) in [6.45, 7) is 6.45. The first-order chi connectivity index (χ1) is 40.5. The maximum Gasteiger partial charge on any atom is 0.306 e. The van der Waals surface area contributed by atoms with Gasteiger partial charge in [0.25, 0.3) is 0 Å². The van der Waals surface area contributed by atoms with Gasteiger partial charge in [0.2, 0.25) is 0 Å². The van der Waals surface area contributed by atoms with Gasteiger partial charge in [-0.2, -0.15) is 0 Å². The molecule has 6 heteroatoms. The lowest BCUT2D eigenvalue weighted by atomic mass is 10.0. The van der Waals surface area contributed by atoms with Gasteiger partial charge in [0, 0.05) is 19.3 Å². The molecule has 0 fully saturated rings. The van der Waals surface area contributed by atoms with E-state index >= 15 is 0 Å². The molecule has 0 aliphatic carbocycles. The molecule has 0 saturated carbocycles. The molecule has 0 saturated heterocycles. The van der Waals surface area contributed by atoms with Crippen LogP contribution in [0.15, 0.2) is 97.2 Å². The Morgan fingerprint density at radius 3 is 0.744 bits per heavy atom. The van der Waals surface area contributed by atoms with Crippen molar-refractivity contribution in [3.05, 3.63) is 97.2 Å². The molecule has 82 heavy (non-hydrogen) atoms. The first-order valence-electron chi connectivity index (χ1n) is 35.2. The van der Waals surface area contributed by atoms with Crippen LogP contribution in [0.2, 0.25) is 0 Å². The third kappa shape index (κ3) is 67.1. The van der Waals surface area contributed by atoms with Crippen LogP contribution in [0.3, 0.4) is 0 Å². The molecule has 1 atom stereocenters. The summed E-state index contributed by atoms with van der Waals surface area (Å²) in [4.78, 5) is 38.5. The first kappa shape index (κ1) is 78.3. The molecular weight excluding hydrogens is 1010 g/mol. The van der Waals surface area contributed by atoms with E-state index in [1.807, 2.05) is 0 Å². The predicted molar refractivity (Wildman–Crippen MR) is 357 cm³/mol. The predicted octanol–water partition coefficient (Wildman–Crippen LogP) is 24.4. The molecule has 0 heterocycles. The molecule has 0 rings (SSSR count). The van der Waals surface area contributed by atoms with E-state index in [0.717, 1.165) is 128 Å². The first-order valence-corrected chi connectivity index (χ1v) is 35.2. The van der Waals surface area contributed by atoms with Crippen LogP contribution >= 0.6 is 0 Å². The van der Waals surface area contributed by atoms with Crippen LogP contribution in [0, 0.1) is 0 Å². The highest BCUT2D eigenvalue weighted by Gasteiger charge is 2.19. The summed E-state index contributed by atoms with van der Waals surface area (Å²) in [5.74, 6) is -0.880. The average molecular weight is 1140 g/mol. The summed E-state index contributed by atoms with van der Waals surface area (Å²) in [5, 5.41) is 0. The van der Waals surface area contributed by atoms with E-state index in [1.54, 1.807) is 0 Å². The van der Waals surface area contributed by atoms with Crippen molar-refractivity contribution in [2.45, 2.75) is 354 Å². The van der Waals surface area contributed by atoms with Gasteiger partial charge in [-0.25, -0.2) is 0 Å². The van der Waals surface area contributed by atoms with Crippen LogP contribution in [0.25, 0.3) is 0 Å². The maximum atomic E-state index is 13.0. The van der Waals surface area contributed by atoms with Crippen LogP contribution in [-0.4, -0.2) is 37.2 Å². The van der Waals surface area contributed by atoms with E-state index in [9.17, 15) is 14.4 Å². The molecule has 0 bridgehead atoms. The number of esters is 3. The Bertz CT molecular complexity index is 1590. The number of unbranched alkanes of at least 4 members (excludes halogenated alkanes) is 37. The fourth-order valence-electron chi connectivity index (χ4n) is 10.1. The van der Waals surface area contributed by atoms with E-state index in [1.165, 1.54) is 180 Å². The van der Waals surface area contributed by atoms with Crippen molar-refractivity contribution >= 4 is 17.9 Å². The van der Waals surface area contributed by atoms with E-state index in [4.69, 9.17) is 14.2 Å². The van der Waals surface area contributed by atoms with Crippen LogP contribution in [-0.2, 0) is 28.6 Å². The highest BCUT2D eigenvalue weighted by atomic mass is 16.6. The topological polar surface area (TPSA) is 78.9 Å². The van der Waals surface area contributed by atoms with Crippen LogP contribution < -0.4 is 0 Å².